The van der Waals surface area contributed by atoms with E-state index in [0.717, 1.165) is 22.7 Å². The average Bonchev–Trinajstić information content (AvgIpc) is 3.72. The van der Waals surface area contributed by atoms with Crippen molar-refractivity contribution in [1.82, 2.24) is 29.1 Å². The first-order chi connectivity index (χ1) is 21.3. The molecule has 45 heavy (non-hydrogen) atoms. The second-order valence-corrected chi connectivity index (χ2v) is 15.8. The number of halogens is 1. The monoisotopic (exact) mass is 708 g/mol. The highest BCUT2D eigenvalue weighted by Crippen LogP contribution is 2.57. The maximum Gasteiger partial charge on any atom is 0.472 e. The number of phosphoric ester groups is 1. The molecule has 0 spiro atoms. The number of hydrogen-bond donors (Lipinski definition) is 5. The van der Waals surface area contributed by atoms with Gasteiger partial charge in [0, 0.05) is 12.6 Å². The van der Waals surface area contributed by atoms with Crippen molar-refractivity contribution in [2.24, 2.45) is 4.99 Å². The molecule has 242 valence electrons. The summed E-state index contributed by atoms with van der Waals surface area (Å²) in [6.45, 7) is -5.57. The zero-order valence-electron chi connectivity index (χ0n) is 22.4. The molecule has 19 nitrogen and oxygen atoms in total. The van der Waals surface area contributed by atoms with Gasteiger partial charge >= 0.3 is 14.5 Å². The Morgan fingerprint density at radius 1 is 1.13 bits per heavy atom. The van der Waals surface area contributed by atoms with Crippen LogP contribution in [0.1, 0.15) is 28.5 Å². The summed E-state index contributed by atoms with van der Waals surface area (Å²) in [6.07, 6.45) is -6.05. The van der Waals surface area contributed by atoms with E-state index in [1.165, 1.54) is 17.1 Å². The number of rotatable bonds is 2. The third-order valence-corrected chi connectivity index (χ3v) is 11.5. The zero-order valence-corrected chi connectivity index (χ0v) is 25.9. The van der Waals surface area contributed by atoms with E-state index in [-0.39, 0.29) is 40.8 Å². The minimum absolute atomic E-state index is 0.00252. The molecule has 3 fully saturated rings. The minimum atomic E-state index is -5.04. The van der Waals surface area contributed by atoms with E-state index in [2.05, 4.69) is 24.9 Å². The smallest absolute Gasteiger partial charge is 0.389 e. The number of carbonyl (C=O) groups is 1. The maximum atomic E-state index is 15.9. The van der Waals surface area contributed by atoms with Crippen LogP contribution < -0.4 is 11.3 Å². The van der Waals surface area contributed by atoms with Gasteiger partial charge in [0.1, 0.15) is 23.7 Å². The summed E-state index contributed by atoms with van der Waals surface area (Å²) in [5, 5.41) is 9.19. The Morgan fingerprint density at radius 2 is 1.91 bits per heavy atom. The van der Waals surface area contributed by atoms with E-state index >= 15 is 4.39 Å². The molecule has 7 rings (SSSR count). The molecular formula is C21H23FN8O11P2S2. The number of aromatic nitrogens is 6. The Labute approximate surface area is 259 Å². The lowest BCUT2D eigenvalue weighted by Gasteiger charge is -2.28. The van der Waals surface area contributed by atoms with Gasteiger partial charge in [0.25, 0.3) is 5.56 Å². The van der Waals surface area contributed by atoms with Crippen molar-refractivity contribution in [3.63, 3.8) is 0 Å². The SMILES string of the molecule is Nc1nc2c(ncn2[C@@H]2S[C@@H]3COP(=O)(O)O[C@H]4[C@H](F)[C@H](n5cnc6c5N=CCC6=O)O[C@@H]4COP(O)(=S)O[C@@H]2[C@@H]3O)c(=O)[nH]1. The number of H-pyrrole nitrogens is 1. The highest BCUT2D eigenvalue weighted by molar-refractivity contribution is 8.07. The number of anilines is 1. The number of alkyl halides is 1. The summed E-state index contributed by atoms with van der Waals surface area (Å²) in [5.74, 6) is -0.536. The number of nitrogens with two attached hydrogens (primary N) is 1. The number of ketones is 1. The molecule has 10 atom stereocenters. The van der Waals surface area contributed by atoms with E-state index < -0.39 is 80.8 Å². The van der Waals surface area contributed by atoms with Crippen molar-refractivity contribution in [2.45, 2.75) is 53.9 Å². The Kier molecular flexibility index (Phi) is 7.86. The van der Waals surface area contributed by atoms with Crippen LogP contribution in [0.25, 0.3) is 11.2 Å². The number of Topliss-reactive ketones (excluding diaryl/α,β-unsaturated/α-hetero) is 1. The first-order valence-electron chi connectivity index (χ1n) is 13.1. The topological polar surface area (TPSA) is 261 Å². The average molecular weight is 709 g/mol. The lowest BCUT2D eigenvalue weighted by molar-refractivity contribution is -0.0468. The molecule has 2 unspecified atom stereocenters. The summed E-state index contributed by atoms with van der Waals surface area (Å²) in [4.78, 5) is 64.8. The van der Waals surface area contributed by atoms with Crippen molar-refractivity contribution in [2.75, 3.05) is 18.9 Å². The van der Waals surface area contributed by atoms with E-state index in [1.54, 1.807) is 0 Å². The first kappa shape index (κ1) is 31.2. The molecule has 3 aromatic heterocycles. The van der Waals surface area contributed by atoms with Gasteiger partial charge < -0.3 is 29.9 Å². The van der Waals surface area contributed by atoms with Gasteiger partial charge in [-0.3, -0.25) is 37.3 Å². The molecule has 0 radical (unpaired) electrons. The van der Waals surface area contributed by atoms with Crippen molar-refractivity contribution in [1.29, 1.82) is 0 Å². The van der Waals surface area contributed by atoms with Gasteiger partial charge in [0.15, 0.2) is 40.9 Å². The van der Waals surface area contributed by atoms with Crippen molar-refractivity contribution in [3.8, 4) is 0 Å². The van der Waals surface area contributed by atoms with Gasteiger partial charge in [0.05, 0.1) is 37.2 Å². The molecule has 4 aliphatic heterocycles. The van der Waals surface area contributed by atoms with Gasteiger partial charge in [-0.1, -0.05) is 0 Å². The number of aliphatic hydroxyl groups is 1. The van der Waals surface area contributed by atoms with E-state index in [0.29, 0.717) is 0 Å². The fourth-order valence-electron chi connectivity index (χ4n) is 5.38. The number of carbonyl (C=O) groups excluding carboxylic acids is 1. The molecular weight excluding hydrogens is 685 g/mol. The van der Waals surface area contributed by atoms with Crippen LogP contribution in [0.3, 0.4) is 0 Å². The van der Waals surface area contributed by atoms with Crippen LogP contribution in [0, 0.1) is 0 Å². The second-order valence-electron chi connectivity index (χ2n) is 10.3. The third kappa shape index (κ3) is 5.62. The van der Waals surface area contributed by atoms with Crippen LogP contribution in [0.2, 0.25) is 0 Å². The van der Waals surface area contributed by atoms with Crippen LogP contribution in [0.4, 0.5) is 16.2 Å². The number of fused-ring (bicyclic) bond motifs is 5. The number of aliphatic imine (C=N–C) groups is 1. The van der Waals surface area contributed by atoms with Crippen LogP contribution in [-0.4, -0.2) is 105 Å². The van der Waals surface area contributed by atoms with E-state index in [4.69, 9.17) is 40.4 Å². The Balaban J connectivity index is 1.20. The highest BCUT2D eigenvalue weighted by atomic mass is 32.5. The lowest BCUT2D eigenvalue weighted by atomic mass is 10.1. The fourth-order valence-corrected chi connectivity index (χ4v) is 9.44. The predicted molar refractivity (Wildman–Crippen MR) is 155 cm³/mol. The summed E-state index contributed by atoms with van der Waals surface area (Å²) in [6, 6.07) is 0. The molecule has 3 aromatic rings. The van der Waals surface area contributed by atoms with Crippen LogP contribution in [0.5, 0.6) is 0 Å². The zero-order chi connectivity index (χ0) is 31.8. The van der Waals surface area contributed by atoms with Crippen molar-refractivity contribution >= 4 is 73.0 Å². The van der Waals surface area contributed by atoms with Crippen molar-refractivity contribution < 1.29 is 51.5 Å². The normalized spacial score (nSPS) is 38.8. The highest BCUT2D eigenvalue weighted by Gasteiger charge is 2.54. The molecule has 2 bridgehead atoms. The number of nitrogen functional groups attached to an aromatic ring is 1. The number of thioether (sulfide) groups is 1. The molecule has 0 aliphatic carbocycles. The number of phosphoric acid groups is 1. The Bertz CT molecular complexity index is 1870. The molecule has 6 N–H and O–H groups in total. The quantitative estimate of drug-likeness (QED) is 0.223. The number of nitrogens with one attached hydrogen (secondary N) is 1. The van der Waals surface area contributed by atoms with Crippen molar-refractivity contribution in [3.05, 3.63) is 28.7 Å². The van der Waals surface area contributed by atoms with Gasteiger partial charge in [-0.2, -0.15) is 4.98 Å². The van der Waals surface area contributed by atoms with Crippen LogP contribution >= 0.6 is 26.3 Å². The molecule has 24 heteroatoms. The van der Waals surface area contributed by atoms with Gasteiger partial charge in [0.2, 0.25) is 5.95 Å². The number of hydrogen-bond acceptors (Lipinski definition) is 16. The standard InChI is InChI=1S/C21H23FN8O11P2S2/c22-10-14-8(39-19(10)29-5-25-11-7(31)1-2-24-16(11)29)3-38-43(36,44)41-15-13(32)9(4-37-42(34,35)40-14)45-20(15)30-6-26-12-17(30)27-21(23)28-18(12)33/h2,5-6,8-10,13-15,19-20,32H,1,3-4H2,(H,34,35)(H,36,44)(H3,23,27,28,33)/t8-,9-,10+,13-,14-,15-,19-,20-,43?/m1/s1. The number of nitrogens with zero attached hydrogens (tertiary/aromatic N) is 6. The summed E-state index contributed by atoms with van der Waals surface area (Å²) < 4.78 is 59.0. The predicted octanol–water partition coefficient (Wildman–Crippen LogP) is 0.232. The first-order valence-corrected chi connectivity index (χ1v) is 18.1. The molecule has 3 saturated heterocycles. The second kappa shape index (κ2) is 11.4. The Morgan fingerprint density at radius 3 is 2.71 bits per heavy atom. The number of aliphatic hydroxyl groups excluding tert-OH is 1. The maximum absolute atomic E-state index is 15.9. The van der Waals surface area contributed by atoms with E-state index in [1.807, 2.05) is 0 Å². The molecule has 0 amide bonds. The molecule has 4 aliphatic rings. The van der Waals surface area contributed by atoms with Crippen LogP contribution in [-0.2, 0) is 39.2 Å². The molecule has 0 aromatic carbocycles. The number of aromatic amines is 1. The molecule has 0 saturated carbocycles. The third-order valence-electron chi connectivity index (χ3n) is 7.41. The molecule has 7 heterocycles. The minimum Gasteiger partial charge on any atom is -0.389 e. The summed E-state index contributed by atoms with van der Waals surface area (Å²) >= 11 is 6.19. The van der Waals surface area contributed by atoms with Gasteiger partial charge in [-0.25, -0.2) is 23.9 Å². The van der Waals surface area contributed by atoms with Gasteiger partial charge in [-0.05, 0) is 11.8 Å². The largest absolute Gasteiger partial charge is 0.472 e. The summed E-state index contributed by atoms with van der Waals surface area (Å²) in [7, 11) is -5.04. The summed E-state index contributed by atoms with van der Waals surface area (Å²) in [5.41, 5.74) is 5.03. The van der Waals surface area contributed by atoms with E-state index in [9.17, 15) is 29.0 Å². The number of imidazole rings is 2. The lowest BCUT2D eigenvalue weighted by Crippen LogP contribution is -2.35. The van der Waals surface area contributed by atoms with Gasteiger partial charge in [-0.15, -0.1) is 11.8 Å². The van der Waals surface area contributed by atoms with Crippen LogP contribution in [0.15, 0.2) is 22.4 Å². The number of ether oxygens (including phenoxy) is 1. The Hall–Kier alpha value is -2.46. The fraction of sp³-hybridized carbons (Fsp3) is 0.524.